The summed E-state index contributed by atoms with van der Waals surface area (Å²) in [6.07, 6.45) is 7.34. The van der Waals surface area contributed by atoms with Gasteiger partial charge in [-0.05, 0) is 23.5 Å². The van der Waals surface area contributed by atoms with Crippen molar-refractivity contribution in [2.24, 2.45) is 17.1 Å². The van der Waals surface area contributed by atoms with Gasteiger partial charge in [0.25, 0.3) is 0 Å². The summed E-state index contributed by atoms with van der Waals surface area (Å²) < 4.78 is 0. The zero-order valence-corrected chi connectivity index (χ0v) is 14.8. The van der Waals surface area contributed by atoms with Crippen LogP contribution in [0, 0.1) is 22.7 Å². The minimum absolute atomic E-state index is 0.0907. The second-order valence-corrected chi connectivity index (χ2v) is 8.31. The summed E-state index contributed by atoms with van der Waals surface area (Å²) in [5.74, 6) is 0.111. The Balaban J connectivity index is 1.93. The Morgan fingerprint density at radius 2 is 2.09 bits per heavy atom. The van der Waals surface area contributed by atoms with Crippen LogP contribution in [0.4, 0.5) is 0 Å². The fraction of sp³-hybridized carbons (Fsp3) is 0.316. The average molecular weight is 343 g/mol. The molecule has 3 rings (SSSR count). The number of benzene rings is 1. The van der Waals surface area contributed by atoms with E-state index >= 15 is 0 Å². The molecule has 2 N–H and O–H groups in total. The van der Waals surface area contributed by atoms with Crippen LogP contribution in [-0.2, 0) is 0 Å². The number of hydrogen-bond acceptors (Lipinski definition) is 3. The third-order valence-electron chi connectivity index (χ3n) is 4.51. The third-order valence-corrected chi connectivity index (χ3v) is 6.51. The first-order valence-electron chi connectivity index (χ1n) is 7.62. The summed E-state index contributed by atoms with van der Waals surface area (Å²) in [4.78, 5) is 0. The predicted octanol–water partition coefficient (Wildman–Crippen LogP) is 5.13. The summed E-state index contributed by atoms with van der Waals surface area (Å²) in [6.45, 7) is 4.50. The fourth-order valence-electron chi connectivity index (χ4n) is 3.37. The first kappa shape index (κ1) is 16.2. The van der Waals surface area contributed by atoms with Crippen LogP contribution in [0.5, 0.6) is 0 Å². The number of thioether (sulfide) groups is 1. The number of fused-ring (bicyclic) bond motifs is 1. The van der Waals surface area contributed by atoms with Gasteiger partial charge in [-0.25, -0.2) is 0 Å². The predicted molar refractivity (Wildman–Crippen MR) is 98.7 cm³/mol. The lowest BCUT2D eigenvalue weighted by molar-refractivity contribution is 0.309. The Morgan fingerprint density at radius 1 is 1.35 bits per heavy atom. The maximum atomic E-state index is 9.41. The molecule has 0 saturated heterocycles. The zero-order valence-electron chi connectivity index (χ0n) is 13.2. The summed E-state index contributed by atoms with van der Waals surface area (Å²) in [7, 11) is 0. The first-order chi connectivity index (χ1) is 10.9. The number of nitriles is 1. The fourth-order valence-corrected chi connectivity index (χ4v) is 4.92. The minimum atomic E-state index is 0.0907. The maximum Gasteiger partial charge on any atom is 0.0981 e. The van der Waals surface area contributed by atoms with Crippen LogP contribution < -0.4 is 5.73 Å². The number of rotatable bonds is 2. The Kier molecular flexibility index (Phi) is 4.31. The molecule has 2 atom stereocenters. The number of nitrogens with two attached hydrogens (primary N) is 1. The van der Waals surface area contributed by atoms with Crippen molar-refractivity contribution >= 4 is 29.4 Å². The van der Waals surface area contributed by atoms with Crippen LogP contribution >= 0.6 is 23.4 Å². The largest absolute Gasteiger partial charge is 0.393 e. The molecule has 2 nitrogen and oxygen atoms in total. The van der Waals surface area contributed by atoms with E-state index < -0.39 is 0 Å². The standard InChI is InChI=1S/C19H19ClN2S/c1-19(2)10-12(7-8-13-5-3-4-6-16(13)20)9-14-15(11-21)18(22)23-17(14)19/h3-9,14,17H,10,22H2,1-2H3. The Bertz CT molecular complexity index is 768. The molecule has 1 heterocycles. The van der Waals surface area contributed by atoms with Gasteiger partial charge < -0.3 is 5.73 Å². The first-order valence-corrected chi connectivity index (χ1v) is 8.88. The lowest BCUT2D eigenvalue weighted by Crippen LogP contribution is -2.34. The summed E-state index contributed by atoms with van der Waals surface area (Å²) in [5.41, 5.74) is 9.11. The molecule has 0 saturated carbocycles. The van der Waals surface area contributed by atoms with Gasteiger partial charge in [0.05, 0.1) is 16.7 Å². The van der Waals surface area contributed by atoms with Gasteiger partial charge in [-0.1, -0.05) is 67.4 Å². The van der Waals surface area contributed by atoms with E-state index in [0.717, 1.165) is 22.6 Å². The highest BCUT2D eigenvalue weighted by molar-refractivity contribution is 8.04. The van der Waals surface area contributed by atoms with Gasteiger partial charge in [-0.2, -0.15) is 5.26 Å². The van der Waals surface area contributed by atoms with Crippen molar-refractivity contribution in [3.8, 4) is 6.07 Å². The van der Waals surface area contributed by atoms with Crippen molar-refractivity contribution < 1.29 is 0 Å². The van der Waals surface area contributed by atoms with Gasteiger partial charge in [0.15, 0.2) is 0 Å². The lowest BCUT2D eigenvalue weighted by Gasteiger charge is -2.38. The Labute approximate surface area is 146 Å². The van der Waals surface area contributed by atoms with E-state index in [-0.39, 0.29) is 11.3 Å². The van der Waals surface area contributed by atoms with Crippen molar-refractivity contribution in [1.82, 2.24) is 0 Å². The van der Waals surface area contributed by atoms with Gasteiger partial charge in [-0.15, -0.1) is 11.8 Å². The molecule has 1 aromatic rings. The molecule has 0 radical (unpaired) electrons. The molecule has 0 bridgehead atoms. The number of nitrogens with zero attached hydrogens (tertiary/aromatic N) is 1. The molecule has 23 heavy (non-hydrogen) atoms. The third kappa shape index (κ3) is 3.06. The van der Waals surface area contributed by atoms with E-state index in [1.165, 1.54) is 5.57 Å². The van der Waals surface area contributed by atoms with Crippen LogP contribution in [-0.4, -0.2) is 5.25 Å². The van der Waals surface area contributed by atoms with Crippen molar-refractivity contribution in [3.63, 3.8) is 0 Å². The molecule has 1 aliphatic carbocycles. The van der Waals surface area contributed by atoms with Crippen LogP contribution in [0.1, 0.15) is 25.8 Å². The molecule has 0 fully saturated rings. The zero-order chi connectivity index (χ0) is 16.6. The Hall–Kier alpha value is -1.63. The molecule has 4 heteroatoms. The van der Waals surface area contributed by atoms with Crippen LogP contribution in [0.3, 0.4) is 0 Å². The summed E-state index contributed by atoms with van der Waals surface area (Å²) in [6, 6.07) is 10.1. The smallest absolute Gasteiger partial charge is 0.0981 e. The maximum absolute atomic E-state index is 9.41. The molecule has 0 spiro atoms. The lowest BCUT2D eigenvalue weighted by atomic mass is 9.70. The topological polar surface area (TPSA) is 49.8 Å². The highest BCUT2D eigenvalue weighted by Gasteiger charge is 2.45. The van der Waals surface area contributed by atoms with E-state index in [2.05, 4.69) is 32.1 Å². The normalized spacial score (nSPS) is 26.1. The van der Waals surface area contributed by atoms with Gasteiger partial charge in [0, 0.05) is 16.2 Å². The van der Waals surface area contributed by atoms with E-state index in [1.54, 1.807) is 11.8 Å². The SMILES string of the molecule is CC1(C)CC(C=Cc2ccccc2Cl)=CC2C(C#N)=C(N)SC21. The van der Waals surface area contributed by atoms with Gasteiger partial charge in [0.1, 0.15) is 0 Å². The number of allylic oxidation sites excluding steroid dienone is 4. The van der Waals surface area contributed by atoms with Crippen LogP contribution in [0.25, 0.3) is 6.08 Å². The molecular formula is C19H19ClN2S. The highest BCUT2D eigenvalue weighted by atomic mass is 35.5. The minimum Gasteiger partial charge on any atom is -0.393 e. The number of hydrogen-bond donors (Lipinski definition) is 1. The highest BCUT2D eigenvalue weighted by Crippen LogP contribution is 2.53. The molecule has 1 aliphatic heterocycles. The van der Waals surface area contributed by atoms with Crippen molar-refractivity contribution in [2.75, 3.05) is 0 Å². The van der Waals surface area contributed by atoms with E-state index in [9.17, 15) is 5.26 Å². The van der Waals surface area contributed by atoms with Crippen molar-refractivity contribution in [2.45, 2.75) is 25.5 Å². The quantitative estimate of drug-likeness (QED) is 0.810. The number of halogens is 1. The molecule has 0 aromatic heterocycles. The molecular weight excluding hydrogens is 324 g/mol. The van der Waals surface area contributed by atoms with Crippen molar-refractivity contribution in [1.29, 1.82) is 5.26 Å². The van der Waals surface area contributed by atoms with Crippen LogP contribution in [0.2, 0.25) is 5.02 Å². The monoisotopic (exact) mass is 342 g/mol. The molecule has 118 valence electrons. The van der Waals surface area contributed by atoms with E-state index in [4.69, 9.17) is 17.3 Å². The molecule has 2 unspecified atom stereocenters. The summed E-state index contributed by atoms with van der Waals surface area (Å²) in [5, 5.41) is 11.2. The Morgan fingerprint density at radius 3 is 2.78 bits per heavy atom. The van der Waals surface area contributed by atoms with E-state index in [0.29, 0.717) is 10.3 Å². The average Bonchev–Trinajstić information content (AvgIpc) is 2.82. The van der Waals surface area contributed by atoms with Gasteiger partial charge in [0.2, 0.25) is 0 Å². The molecule has 2 aliphatic rings. The molecule has 1 aromatic carbocycles. The van der Waals surface area contributed by atoms with E-state index in [1.807, 2.05) is 30.3 Å². The second kappa shape index (κ2) is 6.11. The van der Waals surface area contributed by atoms with Crippen molar-refractivity contribution in [3.05, 3.63) is 63.2 Å². The molecule has 0 amide bonds. The van der Waals surface area contributed by atoms with Gasteiger partial charge >= 0.3 is 0 Å². The van der Waals surface area contributed by atoms with Gasteiger partial charge in [-0.3, -0.25) is 0 Å². The van der Waals surface area contributed by atoms with Crippen LogP contribution in [0.15, 0.2) is 52.6 Å². The summed E-state index contributed by atoms with van der Waals surface area (Å²) >= 11 is 7.86. The second-order valence-electron chi connectivity index (χ2n) is 6.72.